The fourth-order valence-electron chi connectivity index (χ4n) is 3.83. The van der Waals surface area contributed by atoms with E-state index >= 15 is 0 Å². The van der Waals surface area contributed by atoms with Crippen molar-refractivity contribution in [3.63, 3.8) is 0 Å². The van der Waals surface area contributed by atoms with E-state index < -0.39 is 17.8 Å². The van der Waals surface area contributed by atoms with E-state index in [1.54, 1.807) is 6.08 Å². The van der Waals surface area contributed by atoms with Crippen molar-refractivity contribution in [2.24, 2.45) is 29.6 Å². The normalized spacial score (nSPS) is 34.0. The lowest BCUT2D eigenvalue weighted by Gasteiger charge is -2.31. The molecule has 2 bridgehead atoms. The van der Waals surface area contributed by atoms with Crippen molar-refractivity contribution < 1.29 is 28.6 Å². The smallest absolute Gasteiger partial charge is 0.330 e. The Labute approximate surface area is 123 Å². The molecule has 0 unspecified atom stereocenters. The molecule has 0 amide bonds. The van der Waals surface area contributed by atoms with E-state index in [0.29, 0.717) is 0 Å². The average Bonchev–Trinajstić information content (AvgIpc) is 3.08. The monoisotopic (exact) mass is 296 g/mol. The van der Waals surface area contributed by atoms with E-state index in [4.69, 9.17) is 9.47 Å². The van der Waals surface area contributed by atoms with Crippen LogP contribution in [0.4, 0.5) is 0 Å². The highest BCUT2D eigenvalue weighted by atomic mass is 16.5. The van der Waals surface area contributed by atoms with Crippen LogP contribution in [0.25, 0.3) is 0 Å². The number of methoxy groups -OCH3 is 3. The maximum absolute atomic E-state index is 12.0. The Kier molecular flexibility index (Phi) is 4.65. The van der Waals surface area contributed by atoms with Gasteiger partial charge in [-0.15, -0.1) is 0 Å². The van der Waals surface area contributed by atoms with Crippen LogP contribution in [0.5, 0.6) is 0 Å². The summed E-state index contributed by atoms with van der Waals surface area (Å²) in [7, 11) is 3.97. The Balaban J connectivity index is 2.18. The van der Waals surface area contributed by atoms with Gasteiger partial charge in [0, 0.05) is 6.08 Å². The summed E-state index contributed by atoms with van der Waals surface area (Å²) in [5.41, 5.74) is 0. The van der Waals surface area contributed by atoms with Gasteiger partial charge in [0.25, 0.3) is 0 Å². The quantitative estimate of drug-likeness (QED) is 0.436. The zero-order valence-electron chi connectivity index (χ0n) is 12.4. The maximum atomic E-state index is 12.0. The van der Waals surface area contributed by atoms with Crippen molar-refractivity contribution in [3.8, 4) is 0 Å². The molecular formula is C15H20O6. The van der Waals surface area contributed by atoms with Crippen LogP contribution in [0.15, 0.2) is 12.2 Å². The molecule has 6 heteroatoms. The highest BCUT2D eigenvalue weighted by Gasteiger charge is 2.58. The van der Waals surface area contributed by atoms with Gasteiger partial charge in [0.2, 0.25) is 0 Å². The fourth-order valence-corrected chi connectivity index (χ4v) is 3.83. The largest absolute Gasteiger partial charge is 0.469 e. The summed E-state index contributed by atoms with van der Waals surface area (Å²) in [5.74, 6) is -1.89. The third kappa shape index (κ3) is 2.80. The first kappa shape index (κ1) is 15.5. The molecule has 0 radical (unpaired) electrons. The third-order valence-electron chi connectivity index (χ3n) is 4.68. The molecule has 0 aliphatic heterocycles. The second kappa shape index (κ2) is 6.28. The number of fused-ring (bicyclic) bond motifs is 2. The van der Waals surface area contributed by atoms with Gasteiger partial charge >= 0.3 is 17.9 Å². The lowest BCUT2D eigenvalue weighted by molar-refractivity contribution is -0.160. The molecule has 2 rings (SSSR count). The summed E-state index contributed by atoms with van der Waals surface area (Å²) in [6.07, 6.45) is 4.70. The Morgan fingerprint density at radius 1 is 0.905 bits per heavy atom. The summed E-state index contributed by atoms with van der Waals surface area (Å²) in [5, 5.41) is 0. The predicted octanol–water partition coefficient (Wildman–Crippen LogP) is 0.950. The van der Waals surface area contributed by atoms with Crippen LogP contribution >= 0.6 is 0 Å². The zero-order chi connectivity index (χ0) is 15.6. The summed E-state index contributed by atoms with van der Waals surface area (Å²) < 4.78 is 14.2. The number of esters is 3. The van der Waals surface area contributed by atoms with E-state index in [1.807, 2.05) is 0 Å². The number of ether oxygens (including phenoxy) is 3. The van der Waals surface area contributed by atoms with Crippen LogP contribution in [0.3, 0.4) is 0 Å². The first-order chi connectivity index (χ1) is 10.0. The van der Waals surface area contributed by atoms with E-state index in [1.165, 1.54) is 27.4 Å². The molecule has 2 aliphatic rings. The van der Waals surface area contributed by atoms with Gasteiger partial charge in [-0.1, -0.05) is 6.08 Å². The summed E-state index contributed by atoms with van der Waals surface area (Å²) in [4.78, 5) is 35.2. The van der Waals surface area contributed by atoms with Gasteiger partial charge in [-0.3, -0.25) is 9.59 Å². The van der Waals surface area contributed by atoms with Crippen LogP contribution in [0.2, 0.25) is 0 Å². The third-order valence-corrected chi connectivity index (χ3v) is 4.68. The van der Waals surface area contributed by atoms with Crippen LogP contribution in [-0.4, -0.2) is 39.2 Å². The Morgan fingerprint density at radius 2 is 1.52 bits per heavy atom. The van der Waals surface area contributed by atoms with Gasteiger partial charge < -0.3 is 14.2 Å². The van der Waals surface area contributed by atoms with E-state index in [2.05, 4.69) is 4.74 Å². The first-order valence-electron chi connectivity index (χ1n) is 6.95. The minimum atomic E-state index is -0.492. The number of hydrogen-bond donors (Lipinski definition) is 0. The molecule has 6 nitrogen and oxygen atoms in total. The molecular weight excluding hydrogens is 276 g/mol. The van der Waals surface area contributed by atoms with Crippen LogP contribution in [0.1, 0.15) is 12.8 Å². The molecule has 0 saturated heterocycles. The minimum Gasteiger partial charge on any atom is -0.469 e. The summed E-state index contributed by atoms with van der Waals surface area (Å²) >= 11 is 0. The Morgan fingerprint density at radius 3 is 2.10 bits per heavy atom. The van der Waals surface area contributed by atoms with Crippen LogP contribution in [-0.2, 0) is 28.6 Å². The molecule has 0 aromatic carbocycles. The molecule has 0 N–H and O–H groups in total. The van der Waals surface area contributed by atoms with Gasteiger partial charge in [-0.2, -0.15) is 0 Å². The molecule has 0 spiro atoms. The van der Waals surface area contributed by atoms with Gasteiger partial charge in [0.05, 0.1) is 33.2 Å². The lowest BCUT2D eigenvalue weighted by Crippen LogP contribution is -2.38. The zero-order valence-corrected chi connectivity index (χ0v) is 12.4. The predicted molar refractivity (Wildman–Crippen MR) is 71.9 cm³/mol. The van der Waals surface area contributed by atoms with Crippen molar-refractivity contribution in [2.45, 2.75) is 12.8 Å². The number of hydrogen-bond acceptors (Lipinski definition) is 6. The van der Waals surface area contributed by atoms with Crippen molar-refractivity contribution >= 4 is 17.9 Å². The Bertz CT molecular complexity index is 469. The highest BCUT2D eigenvalue weighted by Crippen LogP contribution is 2.56. The van der Waals surface area contributed by atoms with E-state index in [9.17, 15) is 14.4 Å². The van der Waals surface area contributed by atoms with Crippen LogP contribution in [0, 0.1) is 29.6 Å². The number of carbonyl (C=O) groups is 3. The second-order valence-electron chi connectivity index (χ2n) is 5.54. The van der Waals surface area contributed by atoms with Crippen molar-refractivity contribution in [1.82, 2.24) is 0 Å². The van der Waals surface area contributed by atoms with Gasteiger partial charge in [0.15, 0.2) is 0 Å². The van der Waals surface area contributed by atoms with E-state index in [-0.39, 0.29) is 29.7 Å². The van der Waals surface area contributed by atoms with E-state index in [0.717, 1.165) is 12.8 Å². The molecule has 116 valence electrons. The Hall–Kier alpha value is -1.85. The van der Waals surface area contributed by atoms with Crippen LogP contribution < -0.4 is 0 Å². The SMILES string of the molecule is COC(=O)/C=C/[C@H]1C[C@H]2C[C@@H]1[C@@H](C(=O)OC)[C@H]2C(=O)OC. The minimum absolute atomic E-state index is 0.00690. The number of allylic oxidation sites excluding steroid dienone is 1. The van der Waals surface area contributed by atoms with Crippen molar-refractivity contribution in [2.75, 3.05) is 21.3 Å². The molecule has 2 saturated carbocycles. The first-order valence-corrected chi connectivity index (χ1v) is 6.95. The standard InChI is InChI=1S/C15H20O6/c1-19-11(16)5-4-8-6-9-7-10(8)13(15(18)21-3)12(9)14(17)20-2/h4-5,8-10,12-13H,6-7H2,1-3H3/b5-4+/t8-,9-,10-,12-,13+/m0/s1. The number of carbonyl (C=O) groups excluding carboxylic acids is 3. The molecule has 0 heterocycles. The molecule has 2 aliphatic carbocycles. The lowest BCUT2D eigenvalue weighted by atomic mass is 9.73. The van der Waals surface area contributed by atoms with Crippen molar-refractivity contribution in [3.05, 3.63) is 12.2 Å². The fraction of sp³-hybridized carbons (Fsp3) is 0.667. The molecule has 21 heavy (non-hydrogen) atoms. The number of rotatable bonds is 4. The molecule has 0 aromatic rings. The summed E-state index contributed by atoms with van der Waals surface area (Å²) in [6.45, 7) is 0. The molecule has 0 aromatic heterocycles. The highest BCUT2D eigenvalue weighted by molar-refractivity contribution is 5.84. The van der Waals surface area contributed by atoms with Gasteiger partial charge in [0.1, 0.15) is 0 Å². The summed E-state index contributed by atoms with van der Waals surface area (Å²) in [6, 6.07) is 0. The van der Waals surface area contributed by atoms with Crippen molar-refractivity contribution in [1.29, 1.82) is 0 Å². The maximum Gasteiger partial charge on any atom is 0.330 e. The van der Waals surface area contributed by atoms with Gasteiger partial charge in [-0.05, 0) is 30.6 Å². The second-order valence-corrected chi connectivity index (χ2v) is 5.54. The topological polar surface area (TPSA) is 78.9 Å². The molecule has 2 fully saturated rings. The molecule has 5 atom stereocenters. The van der Waals surface area contributed by atoms with Gasteiger partial charge in [-0.25, -0.2) is 4.79 Å². The average molecular weight is 296 g/mol.